The van der Waals surface area contributed by atoms with Crippen molar-refractivity contribution in [1.29, 1.82) is 0 Å². The van der Waals surface area contributed by atoms with Crippen molar-refractivity contribution in [2.75, 3.05) is 0 Å². The zero-order valence-corrected chi connectivity index (χ0v) is 9.44. The van der Waals surface area contributed by atoms with Crippen molar-refractivity contribution >= 4 is 5.78 Å². The van der Waals surface area contributed by atoms with E-state index in [1.807, 2.05) is 31.2 Å². The van der Waals surface area contributed by atoms with Gasteiger partial charge in [-0.05, 0) is 31.7 Å². The normalized spacial score (nSPS) is 30.4. The number of Topliss-reactive ketones (excluding diaryl/α,β-unsaturated/α-hetero) is 1. The molecule has 0 spiro atoms. The van der Waals surface area contributed by atoms with Crippen LogP contribution in [0.4, 0.5) is 0 Å². The molecule has 0 heterocycles. The first-order valence-corrected chi connectivity index (χ1v) is 5.62. The Balaban J connectivity index is 2.37. The molecular formula is C13H17NO2. The van der Waals surface area contributed by atoms with E-state index in [1.54, 1.807) is 0 Å². The Morgan fingerprint density at radius 1 is 1.38 bits per heavy atom. The number of rotatable bonds is 1. The number of carbonyl (C=O) groups excluding carboxylic acids is 1. The Morgan fingerprint density at radius 2 is 2.00 bits per heavy atom. The zero-order valence-electron chi connectivity index (χ0n) is 9.44. The smallest absolute Gasteiger partial charge is 0.185 e. The van der Waals surface area contributed by atoms with Gasteiger partial charge in [0.25, 0.3) is 0 Å². The van der Waals surface area contributed by atoms with E-state index in [2.05, 4.69) is 0 Å². The summed E-state index contributed by atoms with van der Waals surface area (Å²) in [5.74, 6) is -0.248. The number of aliphatic hydroxyl groups excluding tert-OH is 1. The molecule has 0 bridgehead atoms. The summed E-state index contributed by atoms with van der Waals surface area (Å²) in [5.41, 5.74) is 7.10. The number of aryl methyl sites for hydroxylation is 1. The SMILES string of the molecule is Cc1ccc([C@]2(N)CCC[C@@H](O)C2=O)cc1. The Kier molecular flexibility index (Phi) is 2.82. The summed E-state index contributed by atoms with van der Waals surface area (Å²) < 4.78 is 0. The summed E-state index contributed by atoms with van der Waals surface area (Å²) in [6.45, 7) is 1.99. The molecule has 1 aliphatic carbocycles. The van der Waals surface area contributed by atoms with Crippen LogP contribution < -0.4 is 5.73 Å². The maximum atomic E-state index is 12.0. The van der Waals surface area contributed by atoms with E-state index in [-0.39, 0.29) is 5.78 Å². The second-order valence-electron chi connectivity index (χ2n) is 4.61. The van der Waals surface area contributed by atoms with Crippen LogP contribution in [0, 0.1) is 6.92 Å². The third kappa shape index (κ3) is 1.77. The minimum atomic E-state index is -0.995. The van der Waals surface area contributed by atoms with Gasteiger partial charge in [-0.2, -0.15) is 0 Å². The molecule has 1 saturated carbocycles. The Bertz CT molecular complexity index is 399. The average Bonchev–Trinajstić information content (AvgIpc) is 2.27. The summed E-state index contributed by atoms with van der Waals surface area (Å²) in [6, 6.07) is 7.65. The highest BCUT2D eigenvalue weighted by Gasteiger charge is 2.42. The zero-order chi connectivity index (χ0) is 11.8. The van der Waals surface area contributed by atoms with Crippen LogP contribution in [0.25, 0.3) is 0 Å². The van der Waals surface area contributed by atoms with Gasteiger partial charge in [-0.25, -0.2) is 0 Å². The monoisotopic (exact) mass is 219 g/mol. The molecule has 0 aromatic heterocycles. The largest absolute Gasteiger partial charge is 0.385 e. The lowest BCUT2D eigenvalue weighted by atomic mass is 9.75. The first kappa shape index (κ1) is 11.3. The lowest BCUT2D eigenvalue weighted by Gasteiger charge is -2.34. The first-order valence-electron chi connectivity index (χ1n) is 5.62. The van der Waals surface area contributed by atoms with Crippen molar-refractivity contribution in [1.82, 2.24) is 0 Å². The fraction of sp³-hybridized carbons (Fsp3) is 0.462. The molecule has 3 heteroatoms. The van der Waals surface area contributed by atoms with Gasteiger partial charge < -0.3 is 10.8 Å². The molecule has 0 radical (unpaired) electrons. The summed E-state index contributed by atoms with van der Waals surface area (Å²) >= 11 is 0. The summed E-state index contributed by atoms with van der Waals surface area (Å²) in [4.78, 5) is 12.0. The number of hydrogen-bond acceptors (Lipinski definition) is 3. The van der Waals surface area contributed by atoms with Crippen molar-refractivity contribution in [2.24, 2.45) is 5.73 Å². The first-order chi connectivity index (χ1) is 7.54. The number of aliphatic hydroxyl groups is 1. The third-order valence-corrected chi connectivity index (χ3v) is 3.36. The summed E-state index contributed by atoms with van der Waals surface area (Å²) in [7, 11) is 0. The maximum absolute atomic E-state index is 12.0. The van der Waals surface area contributed by atoms with E-state index in [0.717, 1.165) is 17.5 Å². The van der Waals surface area contributed by atoms with Gasteiger partial charge in [0, 0.05) is 0 Å². The van der Waals surface area contributed by atoms with Crippen LogP contribution >= 0.6 is 0 Å². The topological polar surface area (TPSA) is 63.3 Å². The second kappa shape index (κ2) is 4.00. The van der Waals surface area contributed by atoms with Crippen LogP contribution in [0.15, 0.2) is 24.3 Å². The van der Waals surface area contributed by atoms with Crippen LogP contribution in [0.5, 0.6) is 0 Å². The lowest BCUT2D eigenvalue weighted by Crippen LogP contribution is -2.52. The molecule has 1 aromatic carbocycles. The predicted octanol–water partition coefficient (Wildman–Crippen LogP) is 1.26. The highest BCUT2D eigenvalue weighted by molar-refractivity contribution is 5.93. The van der Waals surface area contributed by atoms with E-state index in [1.165, 1.54) is 0 Å². The number of carbonyl (C=O) groups is 1. The van der Waals surface area contributed by atoms with E-state index in [9.17, 15) is 9.90 Å². The maximum Gasteiger partial charge on any atom is 0.185 e. The molecular weight excluding hydrogens is 202 g/mol. The Morgan fingerprint density at radius 3 is 2.62 bits per heavy atom. The van der Waals surface area contributed by atoms with Gasteiger partial charge in [0.2, 0.25) is 0 Å². The molecule has 1 aliphatic rings. The van der Waals surface area contributed by atoms with Crippen LogP contribution in [-0.4, -0.2) is 17.0 Å². The van der Waals surface area contributed by atoms with Crippen LogP contribution in [0.3, 0.4) is 0 Å². The quantitative estimate of drug-likeness (QED) is 0.747. The molecule has 1 fully saturated rings. The van der Waals surface area contributed by atoms with E-state index in [0.29, 0.717) is 12.8 Å². The molecule has 3 N–H and O–H groups in total. The number of hydrogen-bond donors (Lipinski definition) is 2. The van der Waals surface area contributed by atoms with Gasteiger partial charge in [0.1, 0.15) is 11.6 Å². The van der Waals surface area contributed by atoms with Gasteiger partial charge in [0.15, 0.2) is 5.78 Å². The molecule has 0 aliphatic heterocycles. The number of benzene rings is 1. The van der Waals surface area contributed by atoms with Crippen molar-refractivity contribution < 1.29 is 9.90 Å². The van der Waals surface area contributed by atoms with Gasteiger partial charge in [-0.1, -0.05) is 29.8 Å². The van der Waals surface area contributed by atoms with Crippen LogP contribution in [0.1, 0.15) is 30.4 Å². The molecule has 0 unspecified atom stereocenters. The third-order valence-electron chi connectivity index (χ3n) is 3.36. The molecule has 1 aromatic rings. The minimum absolute atomic E-state index is 0.248. The molecule has 2 atom stereocenters. The molecule has 0 amide bonds. The summed E-state index contributed by atoms with van der Waals surface area (Å²) in [5, 5.41) is 9.60. The highest BCUT2D eigenvalue weighted by Crippen LogP contribution is 2.32. The Hall–Kier alpha value is -1.19. The van der Waals surface area contributed by atoms with Crippen molar-refractivity contribution in [3.63, 3.8) is 0 Å². The molecule has 3 nitrogen and oxygen atoms in total. The van der Waals surface area contributed by atoms with E-state index >= 15 is 0 Å². The standard InChI is InChI=1S/C13H17NO2/c1-9-4-6-10(7-5-9)13(14)8-2-3-11(15)12(13)16/h4-7,11,15H,2-3,8,14H2,1H3/t11-,13-/m1/s1. The van der Waals surface area contributed by atoms with Crippen molar-refractivity contribution in [3.8, 4) is 0 Å². The second-order valence-corrected chi connectivity index (χ2v) is 4.61. The van der Waals surface area contributed by atoms with Gasteiger partial charge in [-0.15, -0.1) is 0 Å². The average molecular weight is 219 g/mol. The van der Waals surface area contributed by atoms with Gasteiger partial charge in [0.05, 0.1) is 0 Å². The Labute approximate surface area is 95.3 Å². The van der Waals surface area contributed by atoms with Crippen molar-refractivity contribution in [2.45, 2.75) is 37.8 Å². The number of nitrogens with two attached hydrogens (primary N) is 1. The van der Waals surface area contributed by atoms with Gasteiger partial charge in [-0.3, -0.25) is 4.79 Å². The highest BCUT2D eigenvalue weighted by atomic mass is 16.3. The van der Waals surface area contributed by atoms with E-state index < -0.39 is 11.6 Å². The molecule has 16 heavy (non-hydrogen) atoms. The number of ketones is 1. The molecule has 86 valence electrons. The lowest BCUT2D eigenvalue weighted by molar-refractivity contribution is -0.136. The van der Waals surface area contributed by atoms with E-state index in [4.69, 9.17) is 5.73 Å². The summed E-state index contributed by atoms with van der Waals surface area (Å²) in [6.07, 6.45) is 1.03. The van der Waals surface area contributed by atoms with Crippen molar-refractivity contribution in [3.05, 3.63) is 35.4 Å². The predicted molar refractivity (Wildman–Crippen MR) is 61.9 cm³/mol. The van der Waals surface area contributed by atoms with Crippen LogP contribution in [-0.2, 0) is 10.3 Å². The van der Waals surface area contributed by atoms with Gasteiger partial charge >= 0.3 is 0 Å². The minimum Gasteiger partial charge on any atom is -0.385 e. The molecule has 2 rings (SSSR count). The van der Waals surface area contributed by atoms with Crippen LogP contribution in [0.2, 0.25) is 0 Å². The molecule has 0 saturated heterocycles. The fourth-order valence-corrected chi connectivity index (χ4v) is 2.26. The fourth-order valence-electron chi connectivity index (χ4n) is 2.26.